The van der Waals surface area contributed by atoms with Gasteiger partial charge in [0.05, 0.1) is 24.3 Å². The smallest absolute Gasteiger partial charge is 0.246 e. The number of piperazine rings is 1. The van der Waals surface area contributed by atoms with Crippen LogP contribution < -0.4 is 4.90 Å². The summed E-state index contributed by atoms with van der Waals surface area (Å²) in [6.45, 7) is 4.30. The zero-order chi connectivity index (χ0) is 19.8. The zero-order valence-corrected chi connectivity index (χ0v) is 16.1. The third kappa shape index (κ3) is 3.62. The van der Waals surface area contributed by atoms with Crippen LogP contribution in [0.15, 0.2) is 30.5 Å². The van der Waals surface area contributed by atoms with Crippen LogP contribution in [-0.4, -0.2) is 48.1 Å². The Bertz CT molecular complexity index is 907. The fraction of sp³-hybridized carbons (Fsp3) is 0.400. The Morgan fingerprint density at radius 3 is 2.64 bits per heavy atom. The lowest BCUT2D eigenvalue weighted by Gasteiger charge is -2.46. The molecule has 2 aliphatic rings. The van der Waals surface area contributed by atoms with Crippen molar-refractivity contribution in [1.29, 1.82) is 0 Å². The number of aromatic nitrogens is 1. The SMILES string of the molecule is Cc1cc(Cl)cnc1N1CCN(Cc2ccc(F)c(F)c2)[C@H](C2COC2)C1=O. The molecule has 2 saturated heterocycles. The van der Waals surface area contributed by atoms with E-state index < -0.39 is 17.7 Å². The topological polar surface area (TPSA) is 45.7 Å². The van der Waals surface area contributed by atoms with E-state index in [1.54, 1.807) is 17.0 Å². The molecule has 0 spiro atoms. The quantitative estimate of drug-likeness (QED) is 0.781. The van der Waals surface area contributed by atoms with Crippen LogP contribution in [0.1, 0.15) is 11.1 Å². The van der Waals surface area contributed by atoms with Gasteiger partial charge in [0.15, 0.2) is 11.6 Å². The monoisotopic (exact) mass is 407 g/mol. The van der Waals surface area contributed by atoms with E-state index in [1.807, 2.05) is 11.8 Å². The van der Waals surface area contributed by atoms with E-state index in [1.165, 1.54) is 12.3 Å². The van der Waals surface area contributed by atoms with Gasteiger partial charge >= 0.3 is 0 Å². The number of anilines is 1. The molecule has 2 aliphatic heterocycles. The Labute approximate surface area is 166 Å². The summed E-state index contributed by atoms with van der Waals surface area (Å²) in [4.78, 5) is 21.4. The van der Waals surface area contributed by atoms with Crippen molar-refractivity contribution >= 4 is 23.3 Å². The van der Waals surface area contributed by atoms with Crippen molar-refractivity contribution in [3.05, 3.63) is 58.2 Å². The lowest BCUT2D eigenvalue weighted by molar-refractivity contribution is -0.139. The number of hydrogen-bond donors (Lipinski definition) is 0. The van der Waals surface area contributed by atoms with Gasteiger partial charge in [-0.1, -0.05) is 17.7 Å². The Balaban J connectivity index is 1.59. The molecule has 0 radical (unpaired) electrons. The summed E-state index contributed by atoms with van der Waals surface area (Å²) in [6, 6.07) is 5.24. The summed E-state index contributed by atoms with van der Waals surface area (Å²) in [5, 5.41) is 0.523. The highest BCUT2D eigenvalue weighted by Gasteiger charge is 2.43. The lowest BCUT2D eigenvalue weighted by Crippen LogP contribution is -2.62. The molecule has 28 heavy (non-hydrogen) atoms. The van der Waals surface area contributed by atoms with E-state index in [9.17, 15) is 13.6 Å². The maximum Gasteiger partial charge on any atom is 0.246 e. The highest BCUT2D eigenvalue weighted by molar-refractivity contribution is 6.30. The van der Waals surface area contributed by atoms with Crippen molar-refractivity contribution < 1.29 is 18.3 Å². The molecule has 8 heteroatoms. The summed E-state index contributed by atoms with van der Waals surface area (Å²) < 4.78 is 32.1. The number of carbonyl (C=O) groups excluding carboxylic acids is 1. The molecule has 0 aliphatic carbocycles. The standard InChI is InChI=1S/C20H20ClF2N3O2/c1-12-6-15(21)8-24-19(12)26-5-4-25(18(20(26)27)14-10-28-11-14)9-13-2-3-16(22)17(23)7-13/h2-3,6-8,14,18H,4-5,9-11H2,1H3/t18-/m1/s1. The number of rotatable bonds is 4. The summed E-state index contributed by atoms with van der Waals surface area (Å²) in [5.74, 6) is -1.15. The van der Waals surface area contributed by atoms with E-state index in [2.05, 4.69) is 4.98 Å². The number of benzene rings is 1. The summed E-state index contributed by atoms with van der Waals surface area (Å²) in [7, 11) is 0. The van der Waals surface area contributed by atoms with Crippen molar-refractivity contribution in [1.82, 2.24) is 9.88 Å². The minimum absolute atomic E-state index is 0.0555. The molecular formula is C20H20ClF2N3O2. The Morgan fingerprint density at radius 1 is 1.21 bits per heavy atom. The number of halogens is 3. The molecule has 0 bridgehead atoms. The zero-order valence-electron chi connectivity index (χ0n) is 15.4. The van der Waals surface area contributed by atoms with Crippen LogP contribution in [0, 0.1) is 24.5 Å². The molecule has 2 aromatic rings. The normalized spacial score (nSPS) is 21.1. The Morgan fingerprint density at radius 2 is 2.00 bits per heavy atom. The van der Waals surface area contributed by atoms with Crippen LogP contribution in [0.4, 0.5) is 14.6 Å². The van der Waals surface area contributed by atoms with Crippen LogP contribution in [0.3, 0.4) is 0 Å². The number of nitrogens with zero attached hydrogens (tertiary/aromatic N) is 3. The summed E-state index contributed by atoms with van der Waals surface area (Å²) >= 11 is 5.99. The highest BCUT2D eigenvalue weighted by Crippen LogP contribution is 2.30. The molecule has 1 atom stereocenters. The molecule has 1 aromatic heterocycles. The molecular weight excluding hydrogens is 388 g/mol. The number of amides is 1. The van der Waals surface area contributed by atoms with Crippen molar-refractivity contribution in [2.45, 2.75) is 19.5 Å². The molecule has 2 fully saturated rings. The molecule has 0 N–H and O–H groups in total. The van der Waals surface area contributed by atoms with E-state index in [-0.39, 0.29) is 11.8 Å². The minimum Gasteiger partial charge on any atom is -0.381 e. The number of carbonyl (C=O) groups is 1. The number of aryl methyl sites for hydroxylation is 1. The molecule has 0 saturated carbocycles. The van der Waals surface area contributed by atoms with Crippen molar-refractivity contribution in [3.63, 3.8) is 0 Å². The minimum atomic E-state index is -0.882. The average Bonchev–Trinajstić information content (AvgIpc) is 2.60. The largest absolute Gasteiger partial charge is 0.381 e. The third-order valence-electron chi connectivity index (χ3n) is 5.28. The molecule has 4 rings (SSSR count). The van der Waals surface area contributed by atoms with Crippen LogP contribution in [-0.2, 0) is 16.1 Å². The lowest BCUT2D eigenvalue weighted by atomic mass is 9.92. The van der Waals surface area contributed by atoms with Gasteiger partial charge in [0, 0.05) is 31.7 Å². The fourth-order valence-electron chi connectivity index (χ4n) is 3.81. The van der Waals surface area contributed by atoms with Gasteiger partial charge in [0.2, 0.25) is 5.91 Å². The fourth-order valence-corrected chi connectivity index (χ4v) is 4.02. The first-order valence-corrected chi connectivity index (χ1v) is 9.51. The van der Waals surface area contributed by atoms with Gasteiger partial charge < -0.3 is 4.74 Å². The van der Waals surface area contributed by atoms with E-state index >= 15 is 0 Å². The first-order valence-electron chi connectivity index (χ1n) is 9.13. The Hall–Kier alpha value is -2.09. The summed E-state index contributed by atoms with van der Waals surface area (Å²) in [6.07, 6.45) is 1.53. The van der Waals surface area contributed by atoms with Gasteiger partial charge in [-0.15, -0.1) is 0 Å². The van der Waals surface area contributed by atoms with Gasteiger partial charge in [-0.2, -0.15) is 0 Å². The summed E-state index contributed by atoms with van der Waals surface area (Å²) in [5.41, 5.74) is 1.46. The number of ether oxygens (including phenoxy) is 1. The number of hydrogen-bond acceptors (Lipinski definition) is 4. The Kier molecular flexibility index (Phi) is 5.31. The van der Waals surface area contributed by atoms with Crippen molar-refractivity contribution in [2.24, 2.45) is 5.92 Å². The number of pyridine rings is 1. The van der Waals surface area contributed by atoms with Crippen LogP contribution in [0.25, 0.3) is 0 Å². The maximum absolute atomic E-state index is 13.6. The van der Waals surface area contributed by atoms with E-state index in [4.69, 9.17) is 16.3 Å². The highest BCUT2D eigenvalue weighted by atomic mass is 35.5. The van der Waals surface area contributed by atoms with Crippen LogP contribution >= 0.6 is 11.6 Å². The predicted octanol–water partition coefficient (Wildman–Crippen LogP) is 3.19. The second-order valence-electron chi connectivity index (χ2n) is 7.25. The molecule has 5 nitrogen and oxygen atoms in total. The van der Waals surface area contributed by atoms with Gasteiger partial charge in [0.25, 0.3) is 0 Å². The van der Waals surface area contributed by atoms with Crippen LogP contribution in [0.2, 0.25) is 5.02 Å². The molecule has 148 valence electrons. The average molecular weight is 408 g/mol. The van der Waals surface area contributed by atoms with Gasteiger partial charge in [-0.3, -0.25) is 14.6 Å². The van der Waals surface area contributed by atoms with Crippen molar-refractivity contribution in [3.8, 4) is 0 Å². The van der Waals surface area contributed by atoms with Gasteiger partial charge in [0.1, 0.15) is 5.82 Å². The van der Waals surface area contributed by atoms with E-state index in [0.717, 1.165) is 11.6 Å². The molecule has 0 unspecified atom stereocenters. The first-order chi connectivity index (χ1) is 13.4. The van der Waals surface area contributed by atoms with E-state index in [0.29, 0.717) is 49.3 Å². The van der Waals surface area contributed by atoms with Crippen molar-refractivity contribution in [2.75, 3.05) is 31.2 Å². The van der Waals surface area contributed by atoms with Crippen LogP contribution in [0.5, 0.6) is 0 Å². The second kappa shape index (κ2) is 7.73. The predicted molar refractivity (Wildman–Crippen MR) is 101 cm³/mol. The second-order valence-corrected chi connectivity index (χ2v) is 7.68. The molecule has 1 amide bonds. The molecule has 3 heterocycles. The van der Waals surface area contributed by atoms with Gasteiger partial charge in [-0.05, 0) is 36.2 Å². The van der Waals surface area contributed by atoms with Gasteiger partial charge in [-0.25, -0.2) is 13.8 Å². The maximum atomic E-state index is 13.6. The molecule has 1 aromatic carbocycles. The first kappa shape index (κ1) is 19.2. The third-order valence-corrected chi connectivity index (χ3v) is 5.48.